The molecule has 3 N–H and O–H groups in total. The van der Waals surface area contributed by atoms with Gasteiger partial charge in [-0.3, -0.25) is 24.6 Å². The number of methoxy groups -OCH3 is 2. The number of amides is 2. The molecule has 1 aromatic rings. The molecule has 5 unspecified atom stereocenters. The Morgan fingerprint density at radius 2 is 1.94 bits per heavy atom. The highest BCUT2D eigenvalue weighted by molar-refractivity contribution is 6.09. The number of unbranched alkanes of at least 4 members (excludes halogenated alkanes) is 1. The average Bonchev–Trinajstić information content (AvgIpc) is 3.21. The predicted molar refractivity (Wildman–Crippen MR) is 111 cm³/mol. The number of likely N-dealkylation sites (tertiary alicyclic amines) is 1. The normalized spacial score (nSPS) is 28.6. The summed E-state index contributed by atoms with van der Waals surface area (Å²) in [7, 11) is 3.00. The van der Waals surface area contributed by atoms with Crippen molar-refractivity contribution in [2.24, 2.45) is 11.8 Å². The Balaban J connectivity index is 2.19. The molecule has 2 aliphatic rings. The van der Waals surface area contributed by atoms with Gasteiger partial charge in [-0.1, -0.05) is 19.4 Å². The van der Waals surface area contributed by atoms with Gasteiger partial charge in [0, 0.05) is 23.7 Å². The highest BCUT2D eigenvalue weighted by atomic mass is 16.5. The van der Waals surface area contributed by atoms with Crippen molar-refractivity contribution in [3.63, 3.8) is 0 Å². The van der Waals surface area contributed by atoms with Crippen LogP contribution in [-0.2, 0) is 14.4 Å². The molecule has 0 spiro atoms. The van der Waals surface area contributed by atoms with Crippen molar-refractivity contribution in [3.8, 4) is 11.5 Å². The number of carbonyl (C=O) groups excluding carboxylic acids is 2. The molecule has 2 amide bonds. The number of carboxylic acid groups (broad SMARTS) is 1. The maximum absolute atomic E-state index is 13.4. The standard InChI is InChI=1S/C22H30N2O7/c1-6-7-10-24-19(26)15-16(20(24)27)22(12(3)25,21(28)29)23-17(15)13-8-9-14(30-4)11(2)18(13)31-5/h8-9,12,15-17,23,25H,6-7,10H2,1-5H3,(H,28,29). The number of benzene rings is 1. The zero-order chi connectivity index (χ0) is 23.1. The Morgan fingerprint density at radius 1 is 1.26 bits per heavy atom. The fourth-order valence-corrected chi connectivity index (χ4v) is 5.00. The fraction of sp³-hybridized carbons (Fsp3) is 0.591. The minimum atomic E-state index is -2.00. The Labute approximate surface area is 181 Å². The lowest BCUT2D eigenvalue weighted by molar-refractivity contribution is -0.156. The molecule has 1 aromatic carbocycles. The summed E-state index contributed by atoms with van der Waals surface area (Å²) < 4.78 is 10.9. The highest BCUT2D eigenvalue weighted by Gasteiger charge is 2.70. The van der Waals surface area contributed by atoms with Gasteiger partial charge in [0.25, 0.3) is 0 Å². The number of carboxylic acids is 1. The Hall–Kier alpha value is -2.65. The minimum absolute atomic E-state index is 0.224. The average molecular weight is 434 g/mol. The van der Waals surface area contributed by atoms with Gasteiger partial charge in [-0.25, -0.2) is 0 Å². The zero-order valence-corrected chi connectivity index (χ0v) is 18.5. The predicted octanol–water partition coefficient (Wildman–Crippen LogP) is 1.26. The first kappa shape index (κ1) is 23.0. The second-order valence-corrected chi connectivity index (χ2v) is 8.17. The van der Waals surface area contributed by atoms with Crippen LogP contribution in [0, 0.1) is 18.8 Å². The van der Waals surface area contributed by atoms with Gasteiger partial charge >= 0.3 is 5.97 Å². The largest absolute Gasteiger partial charge is 0.496 e. The van der Waals surface area contributed by atoms with Crippen molar-refractivity contribution in [3.05, 3.63) is 23.3 Å². The van der Waals surface area contributed by atoms with E-state index in [0.29, 0.717) is 29.0 Å². The van der Waals surface area contributed by atoms with Crippen LogP contribution >= 0.6 is 0 Å². The number of imide groups is 1. The number of ether oxygens (including phenoxy) is 2. The van der Waals surface area contributed by atoms with Gasteiger partial charge in [0.15, 0.2) is 5.54 Å². The number of carbonyl (C=O) groups is 3. The molecule has 0 saturated carbocycles. The van der Waals surface area contributed by atoms with Crippen LogP contribution in [0.2, 0.25) is 0 Å². The van der Waals surface area contributed by atoms with Gasteiger partial charge in [-0.05, 0) is 26.3 Å². The van der Waals surface area contributed by atoms with E-state index in [2.05, 4.69) is 5.32 Å². The molecular weight excluding hydrogens is 404 g/mol. The number of aliphatic hydroxyl groups excluding tert-OH is 1. The lowest BCUT2D eigenvalue weighted by Gasteiger charge is -2.33. The molecule has 2 heterocycles. The molecule has 5 atom stereocenters. The third-order valence-electron chi connectivity index (χ3n) is 6.58. The molecule has 2 saturated heterocycles. The van der Waals surface area contributed by atoms with Crippen LogP contribution in [-0.4, -0.2) is 65.3 Å². The van der Waals surface area contributed by atoms with E-state index in [-0.39, 0.29) is 6.54 Å². The summed E-state index contributed by atoms with van der Waals surface area (Å²) in [6, 6.07) is 2.58. The first-order valence-electron chi connectivity index (χ1n) is 10.4. The lowest BCUT2D eigenvalue weighted by Crippen LogP contribution is -2.62. The van der Waals surface area contributed by atoms with Crippen LogP contribution in [0.5, 0.6) is 11.5 Å². The van der Waals surface area contributed by atoms with E-state index in [1.54, 1.807) is 19.1 Å². The van der Waals surface area contributed by atoms with Crippen LogP contribution in [0.15, 0.2) is 12.1 Å². The molecule has 9 nitrogen and oxygen atoms in total. The molecule has 170 valence electrons. The van der Waals surface area contributed by atoms with Gasteiger partial charge in [0.1, 0.15) is 11.5 Å². The summed E-state index contributed by atoms with van der Waals surface area (Å²) in [6.45, 7) is 5.28. The Morgan fingerprint density at radius 3 is 2.45 bits per heavy atom. The number of nitrogens with one attached hydrogen (secondary N) is 1. The molecule has 0 radical (unpaired) electrons. The van der Waals surface area contributed by atoms with Gasteiger partial charge in [0.05, 0.1) is 32.2 Å². The van der Waals surface area contributed by atoms with Gasteiger partial charge in [-0.2, -0.15) is 0 Å². The van der Waals surface area contributed by atoms with E-state index in [1.165, 1.54) is 21.1 Å². The monoisotopic (exact) mass is 434 g/mol. The Bertz CT molecular complexity index is 900. The topological polar surface area (TPSA) is 125 Å². The van der Waals surface area contributed by atoms with Crippen molar-refractivity contribution in [2.75, 3.05) is 20.8 Å². The van der Waals surface area contributed by atoms with Crippen molar-refractivity contribution in [1.82, 2.24) is 10.2 Å². The van der Waals surface area contributed by atoms with Crippen LogP contribution in [0.1, 0.15) is 43.9 Å². The second-order valence-electron chi connectivity index (χ2n) is 8.17. The second kappa shape index (κ2) is 8.47. The van der Waals surface area contributed by atoms with E-state index in [1.807, 2.05) is 6.92 Å². The minimum Gasteiger partial charge on any atom is -0.496 e. The van der Waals surface area contributed by atoms with Crippen molar-refractivity contribution >= 4 is 17.8 Å². The van der Waals surface area contributed by atoms with Crippen molar-refractivity contribution in [2.45, 2.75) is 51.3 Å². The summed E-state index contributed by atoms with van der Waals surface area (Å²) >= 11 is 0. The lowest BCUT2D eigenvalue weighted by atomic mass is 9.76. The van der Waals surface area contributed by atoms with Gasteiger partial charge in [-0.15, -0.1) is 0 Å². The summed E-state index contributed by atoms with van der Waals surface area (Å²) in [5.74, 6) is -3.56. The van der Waals surface area contributed by atoms with Crippen LogP contribution in [0.4, 0.5) is 0 Å². The summed E-state index contributed by atoms with van der Waals surface area (Å²) in [6.07, 6.45) is -0.0230. The van der Waals surface area contributed by atoms with Crippen LogP contribution in [0.25, 0.3) is 0 Å². The molecule has 2 fully saturated rings. The molecule has 0 aliphatic carbocycles. The van der Waals surface area contributed by atoms with Gasteiger partial charge in [0.2, 0.25) is 11.8 Å². The first-order chi connectivity index (χ1) is 14.7. The zero-order valence-electron chi connectivity index (χ0n) is 18.5. The summed E-state index contributed by atoms with van der Waals surface area (Å²) in [4.78, 5) is 40.2. The summed E-state index contributed by atoms with van der Waals surface area (Å²) in [5, 5.41) is 23.6. The number of aliphatic hydroxyl groups is 1. The highest BCUT2D eigenvalue weighted by Crippen LogP contribution is 2.52. The molecule has 9 heteroatoms. The number of rotatable bonds is 8. The van der Waals surface area contributed by atoms with E-state index >= 15 is 0 Å². The third kappa shape index (κ3) is 3.27. The number of fused-ring (bicyclic) bond motifs is 1. The number of aliphatic carboxylic acids is 1. The van der Waals surface area contributed by atoms with E-state index < -0.39 is 47.3 Å². The van der Waals surface area contributed by atoms with E-state index in [0.717, 1.165) is 11.3 Å². The van der Waals surface area contributed by atoms with Crippen molar-refractivity contribution < 1.29 is 34.1 Å². The number of hydrogen-bond acceptors (Lipinski definition) is 7. The Kier molecular flexibility index (Phi) is 6.29. The third-order valence-corrected chi connectivity index (χ3v) is 6.58. The van der Waals surface area contributed by atoms with E-state index in [9.17, 15) is 24.6 Å². The van der Waals surface area contributed by atoms with Crippen LogP contribution in [0.3, 0.4) is 0 Å². The fourth-order valence-electron chi connectivity index (χ4n) is 5.00. The van der Waals surface area contributed by atoms with Crippen molar-refractivity contribution in [1.29, 1.82) is 0 Å². The molecule has 0 aromatic heterocycles. The smallest absolute Gasteiger partial charge is 0.327 e. The van der Waals surface area contributed by atoms with E-state index in [4.69, 9.17) is 9.47 Å². The quantitative estimate of drug-likeness (QED) is 0.522. The molecule has 31 heavy (non-hydrogen) atoms. The van der Waals surface area contributed by atoms with Crippen LogP contribution < -0.4 is 14.8 Å². The summed E-state index contributed by atoms with van der Waals surface area (Å²) in [5.41, 5.74) is -0.773. The maximum atomic E-state index is 13.4. The van der Waals surface area contributed by atoms with Gasteiger partial charge < -0.3 is 19.7 Å². The maximum Gasteiger partial charge on any atom is 0.327 e. The molecule has 2 aliphatic heterocycles. The SMILES string of the molecule is CCCCN1C(=O)C2C(c3ccc(OC)c(C)c3OC)NC(C(=O)O)(C(C)O)C2C1=O. The molecule has 0 bridgehead atoms. The number of hydrogen-bond donors (Lipinski definition) is 3. The first-order valence-corrected chi connectivity index (χ1v) is 10.4. The molecular formula is C22H30N2O7. The number of nitrogens with zero attached hydrogens (tertiary/aromatic N) is 1. The molecule has 3 rings (SSSR count).